The van der Waals surface area contributed by atoms with Crippen LogP contribution in [-0.4, -0.2) is 34.7 Å². The van der Waals surface area contributed by atoms with Gasteiger partial charge in [-0.3, -0.25) is 14.6 Å². The Labute approximate surface area is 196 Å². The molecule has 5 rings (SSSR count). The highest BCUT2D eigenvalue weighted by Crippen LogP contribution is 2.37. The van der Waals surface area contributed by atoms with E-state index in [0.717, 1.165) is 38.8 Å². The molecule has 2 fully saturated rings. The van der Waals surface area contributed by atoms with E-state index in [9.17, 15) is 14.0 Å². The van der Waals surface area contributed by atoms with E-state index < -0.39 is 5.82 Å². The molecule has 0 atom stereocenters. The first-order chi connectivity index (χ1) is 16.0. The van der Waals surface area contributed by atoms with Gasteiger partial charge < -0.3 is 9.64 Å². The first kappa shape index (κ1) is 22.0. The molecule has 3 aromatic rings. The molecule has 2 aromatic heterocycles. The van der Waals surface area contributed by atoms with E-state index >= 15 is 0 Å². The topological polar surface area (TPSA) is 59.5 Å². The van der Waals surface area contributed by atoms with Gasteiger partial charge in [-0.2, -0.15) is 0 Å². The van der Waals surface area contributed by atoms with Crippen molar-refractivity contribution >= 4 is 33.2 Å². The van der Waals surface area contributed by atoms with Crippen LogP contribution in [0.5, 0.6) is 11.5 Å². The van der Waals surface area contributed by atoms with E-state index in [1.807, 2.05) is 4.90 Å². The molecule has 33 heavy (non-hydrogen) atoms. The third kappa shape index (κ3) is 5.08. The SMILES string of the molecule is CC1CCN(C(=O)c2cc3nccc(Oc4ccc(CC(=O)CC5CC5)cc4F)c3s2)CC1. The molecular weight excluding hydrogens is 439 g/mol. The molecule has 0 bridgehead atoms. The summed E-state index contributed by atoms with van der Waals surface area (Å²) in [6.07, 6.45) is 6.73. The molecule has 1 aliphatic carbocycles. The third-order valence-electron chi connectivity index (χ3n) is 6.49. The van der Waals surface area contributed by atoms with Gasteiger partial charge in [0.15, 0.2) is 11.6 Å². The Morgan fingerprint density at radius 3 is 2.64 bits per heavy atom. The number of ketones is 1. The summed E-state index contributed by atoms with van der Waals surface area (Å²) in [4.78, 5) is 32.0. The molecule has 1 amide bonds. The van der Waals surface area contributed by atoms with E-state index in [4.69, 9.17) is 4.74 Å². The van der Waals surface area contributed by atoms with Gasteiger partial charge in [-0.1, -0.05) is 13.0 Å². The van der Waals surface area contributed by atoms with Crippen molar-refractivity contribution in [1.29, 1.82) is 0 Å². The van der Waals surface area contributed by atoms with Crippen molar-refractivity contribution in [3.63, 3.8) is 0 Å². The Hall–Kier alpha value is -2.80. The molecule has 0 spiro atoms. The van der Waals surface area contributed by atoms with Crippen LogP contribution in [0.2, 0.25) is 0 Å². The number of ether oxygens (including phenoxy) is 1. The Morgan fingerprint density at radius 2 is 1.91 bits per heavy atom. The second kappa shape index (κ2) is 9.21. The van der Waals surface area contributed by atoms with Crippen LogP contribution in [0.15, 0.2) is 36.5 Å². The van der Waals surface area contributed by atoms with Gasteiger partial charge in [-0.05, 0) is 61.3 Å². The Balaban J connectivity index is 1.32. The summed E-state index contributed by atoms with van der Waals surface area (Å²) in [5, 5.41) is 0. The van der Waals surface area contributed by atoms with Crippen LogP contribution >= 0.6 is 11.3 Å². The van der Waals surface area contributed by atoms with E-state index in [0.29, 0.717) is 44.7 Å². The zero-order chi connectivity index (χ0) is 22.9. The van der Waals surface area contributed by atoms with Crippen LogP contribution in [-0.2, 0) is 11.2 Å². The van der Waals surface area contributed by atoms with Crippen molar-refractivity contribution in [2.75, 3.05) is 13.1 Å². The maximum atomic E-state index is 14.8. The van der Waals surface area contributed by atoms with Crippen LogP contribution in [0, 0.1) is 17.7 Å². The average molecular weight is 467 g/mol. The van der Waals surface area contributed by atoms with Crippen LogP contribution in [0.4, 0.5) is 4.39 Å². The lowest BCUT2D eigenvalue weighted by Gasteiger charge is -2.29. The summed E-state index contributed by atoms with van der Waals surface area (Å²) in [5.41, 5.74) is 1.32. The highest BCUT2D eigenvalue weighted by molar-refractivity contribution is 7.21. The van der Waals surface area contributed by atoms with Crippen molar-refractivity contribution in [1.82, 2.24) is 9.88 Å². The van der Waals surface area contributed by atoms with Crippen molar-refractivity contribution in [3.05, 3.63) is 52.8 Å². The minimum Gasteiger partial charge on any atom is -0.453 e. The summed E-state index contributed by atoms with van der Waals surface area (Å²) < 4.78 is 21.4. The molecule has 7 heteroatoms. The molecule has 1 aliphatic heterocycles. The Bertz CT molecular complexity index is 1200. The van der Waals surface area contributed by atoms with Gasteiger partial charge in [0, 0.05) is 38.2 Å². The molecule has 1 aromatic carbocycles. The molecular formula is C26H27FN2O3S. The fraction of sp³-hybridized carbons (Fsp3) is 0.423. The number of fused-ring (bicyclic) bond motifs is 1. The van der Waals surface area contributed by atoms with E-state index in [1.54, 1.807) is 30.5 Å². The number of pyridine rings is 1. The van der Waals surface area contributed by atoms with Crippen LogP contribution in [0.25, 0.3) is 10.2 Å². The maximum Gasteiger partial charge on any atom is 0.264 e. The number of hydrogen-bond donors (Lipinski definition) is 0. The number of benzene rings is 1. The highest BCUT2D eigenvalue weighted by atomic mass is 32.1. The molecule has 3 heterocycles. The maximum absolute atomic E-state index is 14.8. The van der Waals surface area contributed by atoms with E-state index in [-0.39, 0.29) is 23.9 Å². The predicted octanol–water partition coefficient (Wildman–Crippen LogP) is 6.01. The zero-order valence-corrected chi connectivity index (χ0v) is 19.5. The van der Waals surface area contributed by atoms with Gasteiger partial charge in [0.05, 0.1) is 15.1 Å². The minimum atomic E-state index is -0.507. The number of rotatable bonds is 7. The average Bonchev–Trinajstić information content (AvgIpc) is 3.49. The largest absolute Gasteiger partial charge is 0.453 e. The summed E-state index contributed by atoms with van der Waals surface area (Å²) in [7, 11) is 0. The third-order valence-corrected chi connectivity index (χ3v) is 7.62. The molecule has 0 radical (unpaired) electrons. The number of likely N-dealkylation sites (tertiary alicyclic amines) is 1. The number of aromatic nitrogens is 1. The fourth-order valence-corrected chi connectivity index (χ4v) is 5.30. The normalized spacial score (nSPS) is 16.8. The van der Waals surface area contributed by atoms with Gasteiger partial charge >= 0.3 is 0 Å². The van der Waals surface area contributed by atoms with Gasteiger partial charge in [0.1, 0.15) is 11.5 Å². The minimum absolute atomic E-state index is 0.0160. The second-order valence-corrected chi connectivity index (χ2v) is 10.4. The molecule has 1 saturated carbocycles. The number of Topliss-reactive ketones (excluding diaryl/α,β-unsaturated/α-hetero) is 1. The van der Waals surface area contributed by atoms with E-state index in [1.165, 1.54) is 17.4 Å². The summed E-state index contributed by atoms with van der Waals surface area (Å²) in [6.45, 7) is 3.75. The van der Waals surface area contributed by atoms with Gasteiger partial charge in [0.2, 0.25) is 0 Å². The molecule has 0 N–H and O–H groups in total. The van der Waals surface area contributed by atoms with Crippen molar-refractivity contribution in [3.8, 4) is 11.5 Å². The molecule has 5 nitrogen and oxygen atoms in total. The van der Waals surface area contributed by atoms with E-state index in [2.05, 4.69) is 11.9 Å². The highest BCUT2D eigenvalue weighted by Gasteiger charge is 2.25. The molecule has 2 aliphatic rings. The second-order valence-electron chi connectivity index (χ2n) is 9.34. The summed E-state index contributed by atoms with van der Waals surface area (Å²) >= 11 is 1.33. The number of nitrogens with zero attached hydrogens (tertiary/aromatic N) is 2. The number of hydrogen-bond acceptors (Lipinski definition) is 5. The van der Waals surface area contributed by atoms with Crippen molar-refractivity contribution < 1.29 is 18.7 Å². The predicted molar refractivity (Wildman–Crippen MR) is 126 cm³/mol. The smallest absolute Gasteiger partial charge is 0.264 e. The summed E-state index contributed by atoms with van der Waals surface area (Å²) in [6, 6.07) is 8.15. The van der Waals surface area contributed by atoms with Crippen LogP contribution in [0.3, 0.4) is 0 Å². The van der Waals surface area contributed by atoms with Gasteiger partial charge in [-0.25, -0.2) is 4.39 Å². The van der Waals surface area contributed by atoms with Crippen LogP contribution < -0.4 is 4.74 Å². The molecule has 0 unspecified atom stereocenters. The number of thiophene rings is 1. The number of amides is 1. The number of halogens is 1. The fourth-order valence-electron chi connectivity index (χ4n) is 4.27. The Kier molecular flexibility index (Phi) is 6.15. The standard InChI is InChI=1S/C26H27FN2O3S/c1-16-7-10-29(11-8-16)26(31)24-15-21-25(33-24)23(6-9-28-21)32-22-5-4-18(14-20(22)27)13-19(30)12-17-2-3-17/h4-6,9,14-17H,2-3,7-8,10-13H2,1H3. The number of carbonyl (C=O) groups excluding carboxylic acids is 2. The van der Waals surface area contributed by atoms with Crippen molar-refractivity contribution in [2.24, 2.45) is 11.8 Å². The lowest BCUT2D eigenvalue weighted by molar-refractivity contribution is -0.118. The first-order valence-electron chi connectivity index (χ1n) is 11.6. The quantitative estimate of drug-likeness (QED) is 0.428. The van der Waals surface area contributed by atoms with Crippen LogP contribution in [0.1, 0.15) is 54.3 Å². The monoisotopic (exact) mass is 466 g/mol. The van der Waals surface area contributed by atoms with Gasteiger partial charge in [0.25, 0.3) is 5.91 Å². The lowest BCUT2D eigenvalue weighted by Crippen LogP contribution is -2.37. The Morgan fingerprint density at radius 1 is 1.12 bits per heavy atom. The number of carbonyl (C=O) groups is 2. The van der Waals surface area contributed by atoms with Gasteiger partial charge in [-0.15, -0.1) is 11.3 Å². The molecule has 172 valence electrons. The number of piperidine rings is 1. The first-order valence-corrected chi connectivity index (χ1v) is 12.4. The molecule has 1 saturated heterocycles. The lowest BCUT2D eigenvalue weighted by atomic mass is 9.99. The summed E-state index contributed by atoms with van der Waals surface area (Å²) in [5.74, 6) is 1.39. The zero-order valence-electron chi connectivity index (χ0n) is 18.7. The van der Waals surface area contributed by atoms with Crippen molar-refractivity contribution in [2.45, 2.75) is 45.4 Å².